The number of nitrogens with one attached hydrogen (secondary N) is 1. The Hall–Kier alpha value is -3.71. The van der Waals surface area contributed by atoms with Crippen molar-refractivity contribution in [2.75, 3.05) is 45.8 Å². The second kappa shape index (κ2) is 11.6. The summed E-state index contributed by atoms with van der Waals surface area (Å²) in [6.07, 6.45) is 3.73. The molecule has 2 aliphatic heterocycles. The maximum absolute atomic E-state index is 9.72. The SMILES string of the molecule is COc1cc(Nc2nccc(-c3ccc(OC4CCOCC4)c(C#N)c3)n2)ccc1CN1CC(OC)C1. The van der Waals surface area contributed by atoms with Gasteiger partial charge in [0.25, 0.3) is 0 Å². The lowest BCUT2D eigenvalue weighted by atomic mass is 10.1. The largest absolute Gasteiger partial charge is 0.496 e. The van der Waals surface area contributed by atoms with E-state index in [1.165, 1.54) is 0 Å². The summed E-state index contributed by atoms with van der Waals surface area (Å²) in [7, 11) is 3.43. The number of nitrogens with zero attached hydrogens (tertiary/aromatic N) is 4. The van der Waals surface area contributed by atoms with Gasteiger partial charge in [-0.05, 0) is 30.3 Å². The summed E-state index contributed by atoms with van der Waals surface area (Å²) in [5.41, 5.74) is 3.95. The first-order valence-corrected chi connectivity index (χ1v) is 12.5. The highest BCUT2D eigenvalue weighted by atomic mass is 16.5. The summed E-state index contributed by atoms with van der Waals surface area (Å²) < 4.78 is 22.5. The minimum Gasteiger partial charge on any atom is -0.496 e. The number of methoxy groups -OCH3 is 2. The minimum atomic E-state index is 0.0677. The molecule has 9 heteroatoms. The summed E-state index contributed by atoms with van der Waals surface area (Å²) in [6.45, 7) is 4.03. The molecule has 3 heterocycles. The number of hydrogen-bond acceptors (Lipinski definition) is 9. The topological polar surface area (TPSA) is 102 Å². The molecule has 0 atom stereocenters. The van der Waals surface area contributed by atoms with Gasteiger partial charge in [0.2, 0.25) is 5.95 Å². The van der Waals surface area contributed by atoms with E-state index in [9.17, 15) is 5.26 Å². The third-order valence-electron chi connectivity index (χ3n) is 6.71. The smallest absolute Gasteiger partial charge is 0.227 e. The summed E-state index contributed by atoms with van der Waals surface area (Å²) in [6, 6.07) is 15.7. The van der Waals surface area contributed by atoms with Crippen LogP contribution in [0.4, 0.5) is 11.6 Å². The molecule has 2 aromatic carbocycles. The Morgan fingerprint density at radius 3 is 2.65 bits per heavy atom. The molecule has 0 radical (unpaired) electrons. The number of nitriles is 1. The molecule has 37 heavy (non-hydrogen) atoms. The highest BCUT2D eigenvalue weighted by molar-refractivity contribution is 5.66. The van der Waals surface area contributed by atoms with Crippen molar-refractivity contribution in [1.29, 1.82) is 5.26 Å². The predicted octanol–water partition coefficient (Wildman–Crippen LogP) is 4.16. The number of hydrogen-bond donors (Lipinski definition) is 1. The third-order valence-corrected chi connectivity index (χ3v) is 6.71. The van der Waals surface area contributed by atoms with Crippen LogP contribution in [0.3, 0.4) is 0 Å². The standard InChI is InChI=1S/C28H31N5O4/c1-34-24-17-33(18-24)16-20-3-5-22(14-27(20)35-2)31-28-30-10-7-25(32-28)19-4-6-26(21(13-19)15-29)37-23-8-11-36-12-9-23/h3-7,10,13-14,23-24H,8-9,11-12,16-18H2,1-2H3,(H,30,31,32). The van der Waals surface area contributed by atoms with Crippen LogP contribution in [0.1, 0.15) is 24.0 Å². The van der Waals surface area contributed by atoms with Gasteiger partial charge in [0.1, 0.15) is 23.7 Å². The fourth-order valence-electron chi connectivity index (χ4n) is 4.56. The summed E-state index contributed by atoms with van der Waals surface area (Å²) in [4.78, 5) is 11.4. The van der Waals surface area contributed by atoms with Crippen LogP contribution in [0.5, 0.6) is 11.5 Å². The van der Waals surface area contributed by atoms with Crippen molar-refractivity contribution >= 4 is 11.6 Å². The lowest BCUT2D eigenvalue weighted by Gasteiger charge is -2.38. The average molecular weight is 502 g/mol. The Balaban J connectivity index is 1.29. The maximum Gasteiger partial charge on any atom is 0.227 e. The van der Waals surface area contributed by atoms with E-state index in [0.29, 0.717) is 42.3 Å². The molecule has 2 fully saturated rings. The Kier molecular flexibility index (Phi) is 7.80. The molecular formula is C28H31N5O4. The van der Waals surface area contributed by atoms with Crippen LogP contribution in [0, 0.1) is 11.3 Å². The first-order valence-electron chi connectivity index (χ1n) is 12.5. The van der Waals surface area contributed by atoms with Crippen LogP contribution in [0.2, 0.25) is 0 Å². The van der Waals surface area contributed by atoms with E-state index >= 15 is 0 Å². The molecule has 2 saturated heterocycles. The van der Waals surface area contributed by atoms with Crippen LogP contribution < -0.4 is 14.8 Å². The van der Waals surface area contributed by atoms with Crippen LogP contribution in [-0.4, -0.2) is 67.6 Å². The zero-order chi connectivity index (χ0) is 25.6. The van der Waals surface area contributed by atoms with Crippen molar-refractivity contribution in [3.05, 3.63) is 59.8 Å². The summed E-state index contributed by atoms with van der Waals surface area (Å²) in [5.74, 6) is 1.86. The van der Waals surface area contributed by atoms with E-state index in [2.05, 4.69) is 32.3 Å². The normalized spacial score (nSPS) is 16.6. The lowest BCUT2D eigenvalue weighted by molar-refractivity contribution is -0.0336. The van der Waals surface area contributed by atoms with Gasteiger partial charge in [-0.15, -0.1) is 0 Å². The Labute approximate surface area is 217 Å². The van der Waals surface area contributed by atoms with E-state index in [4.69, 9.17) is 18.9 Å². The van der Waals surface area contributed by atoms with Crippen molar-refractivity contribution in [3.8, 4) is 28.8 Å². The fraction of sp³-hybridized carbons (Fsp3) is 0.393. The second-order valence-electron chi connectivity index (χ2n) is 9.22. The fourth-order valence-corrected chi connectivity index (χ4v) is 4.56. The quantitative estimate of drug-likeness (QED) is 0.463. The number of anilines is 2. The number of rotatable bonds is 9. The number of ether oxygens (including phenoxy) is 4. The average Bonchev–Trinajstić information content (AvgIpc) is 2.92. The zero-order valence-electron chi connectivity index (χ0n) is 21.1. The van der Waals surface area contributed by atoms with E-state index in [-0.39, 0.29) is 6.10 Å². The molecule has 5 rings (SSSR count). The molecule has 9 nitrogen and oxygen atoms in total. The van der Waals surface area contributed by atoms with Gasteiger partial charge >= 0.3 is 0 Å². The van der Waals surface area contributed by atoms with E-state index in [1.807, 2.05) is 36.4 Å². The van der Waals surface area contributed by atoms with E-state index in [1.54, 1.807) is 20.4 Å². The monoisotopic (exact) mass is 501 g/mol. The van der Waals surface area contributed by atoms with Gasteiger partial charge in [-0.25, -0.2) is 9.97 Å². The van der Waals surface area contributed by atoms with Crippen molar-refractivity contribution in [1.82, 2.24) is 14.9 Å². The number of benzene rings is 2. The van der Waals surface area contributed by atoms with Gasteiger partial charge < -0.3 is 24.3 Å². The highest BCUT2D eigenvalue weighted by Crippen LogP contribution is 2.30. The molecule has 0 aliphatic carbocycles. The Morgan fingerprint density at radius 2 is 1.89 bits per heavy atom. The number of likely N-dealkylation sites (tertiary alicyclic amines) is 1. The molecule has 0 unspecified atom stereocenters. The van der Waals surface area contributed by atoms with Crippen molar-refractivity contribution < 1.29 is 18.9 Å². The molecule has 1 N–H and O–H groups in total. The molecular weight excluding hydrogens is 470 g/mol. The van der Waals surface area contributed by atoms with Gasteiger partial charge in [-0.1, -0.05) is 6.07 Å². The minimum absolute atomic E-state index is 0.0677. The lowest BCUT2D eigenvalue weighted by Crippen LogP contribution is -2.50. The molecule has 1 aromatic heterocycles. The van der Waals surface area contributed by atoms with Gasteiger partial charge in [0, 0.05) is 68.7 Å². The van der Waals surface area contributed by atoms with Crippen molar-refractivity contribution in [2.24, 2.45) is 0 Å². The summed E-state index contributed by atoms with van der Waals surface area (Å²) >= 11 is 0. The van der Waals surface area contributed by atoms with Gasteiger partial charge in [-0.2, -0.15) is 5.26 Å². The Morgan fingerprint density at radius 1 is 1.05 bits per heavy atom. The van der Waals surface area contributed by atoms with Crippen LogP contribution in [0.25, 0.3) is 11.3 Å². The van der Waals surface area contributed by atoms with Crippen LogP contribution in [-0.2, 0) is 16.0 Å². The van der Waals surface area contributed by atoms with Gasteiger partial charge in [0.15, 0.2) is 0 Å². The molecule has 0 bridgehead atoms. The van der Waals surface area contributed by atoms with Crippen molar-refractivity contribution in [2.45, 2.75) is 31.6 Å². The van der Waals surface area contributed by atoms with E-state index in [0.717, 1.165) is 55.0 Å². The highest BCUT2D eigenvalue weighted by Gasteiger charge is 2.27. The van der Waals surface area contributed by atoms with Crippen molar-refractivity contribution in [3.63, 3.8) is 0 Å². The molecule has 2 aliphatic rings. The molecule has 0 spiro atoms. The van der Waals surface area contributed by atoms with Gasteiger partial charge in [0.05, 0.1) is 37.7 Å². The summed E-state index contributed by atoms with van der Waals surface area (Å²) in [5, 5.41) is 13.0. The zero-order valence-corrected chi connectivity index (χ0v) is 21.1. The first-order chi connectivity index (χ1) is 18.1. The second-order valence-corrected chi connectivity index (χ2v) is 9.22. The number of aromatic nitrogens is 2. The molecule has 192 valence electrons. The maximum atomic E-state index is 9.72. The van der Waals surface area contributed by atoms with Crippen LogP contribution >= 0.6 is 0 Å². The third kappa shape index (κ3) is 6.00. The Bertz CT molecular complexity index is 1270. The molecule has 0 saturated carbocycles. The van der Waals surface area contributed by atoms with Gasteiger partial charge in [-0.3, -0.25) is 4.90 Å². The molecule has 0 amide bonds. The first kappa shape index (κ1) is 25.0. The predicted molar refractivity (Wildman–Crippen MR) is 139 cm³/mol. The van der Waals surface area contributed by atoms with E-state index < -0.39 is 0 Å². The molecule has 3 aromatic rings. The van der Waals surface area contributed by atoms with Crippen LogP contribution in [0.15, 0.2) is 48.7 Å².